The molecule has 3 heterocycles. The van der Waals surface area contributed by atoms with Gasteiger partial charge in [0.15, 0.2) is 11.6 Å². The van der Waals surface area contributed by atoms with E-state index in [0.29, 0.717) is 21.6 Å². The Morgan fingerprint density at radius 3 is 2.94 bits per heavy atom. The van der Waals surface area contributed by atoms with E-state index >= 15 is 0 Å². The highest BCUT2D eigenvalue weighted by Crippen LogP contribution is 2.34. The van der Waals surface area contributed by atoms with Gasteiger partial charge in [-0.25, -0.2) is 9.97 Å². The highest BCUT2D eigenvalue weighted by atomic mass is 35.5. The quantitative estimate of drug-likeness (QED) is 0.556. The van der Waals surface area contributed by atoms with Crippen LogP contribution in [0.25, 0.3) is 21.9 Å². The number of nitrogens with zero attached hydrogens (tertiary/aromatic N) is 2. The van der Waals surface area contributed by atoms with Crippen LogP contribution in [0.1, 0.15) is 0 Å². The molecule has 5 nitrogen and oxygen atoms in total. The van der Waals surface area contributed by atoms with E-state index in [2.05, 4.69) is 15.0 Å². The fourth-order valence-electron chi connectivity index (χ4n) is 1.74. The molecule has 0 aliphatic rings. The maximum absolute atomic E-state index is 9.86. The molecule has 0 atom stereocenters. The number of H-pyrrole nitrogens is 1. The molecule has 3 aromatic rings. The largest absolute Gasteiger partial charge is 0.504 e. The van der Waals surface area contributed by atoms with Gasteiger partial charge < -0.3 is 15.8 Å². The van der Waals surface area contributed by atoms with Crippen LogP contribution in [0.4, 0.5) is 5.82 Å². The first-order valence-corrected chi connectivity index (χ1v) is 4.95. The van der Waals surface area contributed by atoms with E-state index in [1.807, 2.05) is 0 Å². The molecule has 0 unspecified atom stereocenters. The molecule has 6 heteroatoms. The number of hydrogen-bond acceptors (Lipinski definition) is 4. The molecule has 0 fully saturated rings. The van der Waals surface area contributed by atoms with Crippen molar-refractivity contribution in [1.82, 2.24) is 15.0 Å². The summed E-state index contributed by atoms with van der Waals surface area (Å²) in [5, 5.41) is 11.7. The Bertz CT molecular complexity index is 707. The van der Waals surface area contributed by atoms with Gasteiger partial charge in [-0.3, -0.25) is 0 Å². The topological polar surface area (TPSA) is 87.8 Å². The van der Waals surface area contributed by atoms with Crippen LogP contribution in [0.3, 0.4) is 0 Å². The SMILES string of the molecule is Nc1ncc2[nH]c3ncc(Cl)cc3c2c1O. The van der Waals surface area contributed by atoms with E-state index in [4.69, 9.17) is 17.3 Å². The van der Waals surface area contributed by atoms with Crippen molar-refractivity contribution in [2.75, 3.05) is 5.73 Å². The van der Waals surface area contributed by atoms with E-state index in [-0.39, 0.29) is 11.6 Å². The minimum Gasteiger partial charge on any atom is -0.504 e. The summed E-state index contributed by atoms with van der Waals surface area (Å²) in [4.78, 5) is 11.0. The smallest absolute Gasteiger partial charge is 0.168 e. The normalized spacial score (nSPS) is 11.3. The number of nitrogens with one attached hydrogen (secondary N) is 1. The summed E-state index contributed by atoms with van der Waals surface area (Å²) in [5.74, 6) is 0.0428. The van der Waals surface area contributed by atoms with Crippen molar-refractivity contribution in [3.05, 3.63) is 23.5 Å². The van der Waals surface area contributed by atoms with Gasteiger partial charge in [0.1, 0.15) is 5.65 Å². The molecule has 0 bridgehead atoms. The maximum atomic E-state index is 9.86. The van der Waals surface area contributed by atoms with Crippen LogP contribution in [0.2, 0.25) is 5.02 Å². The summed E-state index contributed by atoms with van der Waals surface area (Å²) < 4.78 is 0. The van der Waals surface area contributed by atoms with Crippen LogP contribution in [0, 0.1) is 0 Å². The molecule has 0 aliphatic heterocycles. The number of halogens is 1. The Hall–Kier alpha value is -2.01. The van der Waals surface area contributed by atoms with Crippen molar-refractivity contribution in [2.45, 2.75) is 0 Å². The van der Waals surface area contributed by atoms with Crippen molar-refractivity contribution in [3.63, 3.8) is 0 Å². The van der Waals surface area contributed by atoms with Crippen molar-refractivity contribution < 1.29 is 5.11 Å². The van der Waals surface area contributed by atoms with Crippen LogP contribution < -0.4 is 5.73 Å². The van der Waals surface area contributed by atoms with E-state index in [0.717, 1.165) is 5.39 Å². The number of fused-ring (bicyclic) bond motifs is 3. The van der Waals surface area contributed by atoms with Gasteiger partial charge in [-0.15, -0.1) is 0 Å². The first kappa shape index (κ1) is 9.23. The zero-order chi connectivity index (χ0) is 11.3. The van der Waals surface area contributed by atoms with Crippen LogP contribution in [0.5, 0.6) is 5.75 Å². The molecule has 0 amide bonds. The van der Waals surface area contributed by atoms with Gasteiger partial charge in [-0.05, 0) is 6.07 Å². The average molecular weight is 235 g/mol. The number of nitrogens with two attached hydrogens (primary N) is 1. The second-order valence-electron chi connectivity index (χ2n) is 3.46. The zero-order valence-corrected chi connectivity index (χ0v) is 8.78. The van der Waals surface area contributed by atoms with Crippen molar-refractivity contribution in [1.29, 1.82) is 0 Å². The molecule has 0 spiro atoms. The van der Waals surface area contributed by atoms with Crippen LogP contribution in [-0.2, 0) is 0 Å². The number of aromatic nitrogens is 3. The molecular formula is C10H7ClN4O. The van der Waals surface area contributed by atoms with Gasteiger partial charge in [-0.1, -0.05) is 11.6 Å². The van der Waals surface area contributed by atoms with Crippen LogP contribution >= 0.6 is 11.6 Å². The van der Waals surface area contributed by atoms with Gasteiger partial charge in [-0.2, -0.15) is 0 Å². The highest BCUT2D eigenvalue weighted by Gasteiger charge is 2.12. The molecule has 0 saturated heterocycles. The third-order valence-corrected chi connectivity index (χ3v) is 2.66. The number of anilines is 1. The lowest BCUT2D eigenvalue weighted by Gasteiger charge is -1.98. The lowest BCUT2D eigenvalue weighted by molar-refractivity contribution is 0.482. The average Bonchev–Trinajstić information content (AvgIpc) is 2.62. The predicted octanol–water partition coefficient (Wildman–Crippen LogP) is 2.05. The maximum Gasteiger partial charge on any atom is 0.168 e. The number of pyridine rings is 2. The number of hydrogen-bond donors (Lipinski definition) is 3. The predicted molar refractivity (Wildman–Crippen MR) is 62.5 cm³/mol. The Labute approximate surface area is 94.9 Å². The molecule has 0 aliphatic carbocycles. The van der Waals surface area contributed by atoms with E-state index in [9.17, 15) is 5.11 Å². The number of rotatable bonds is 0. The summed E-state index contributed by atoms with van der Waals surface area (Å²) in [6, 6.07) is 1.72. The van der Waals surface area contributed by atoms with E-state index < -0.39 is 0 Å². The molecular weight excluding hydrogens is 228 g/mol. The summed E-state index contributed by atoms with van der Waals surface area (Å²) in [7, 11) is 0. The second kappa shape index (κ2) is 2.99. The minimum atomic E-state index is -0.0483. The van der Waals surface area contributed by atoms with Gasteiger partial charge in [0.05, 0.1) is 22.1 Å². The Morgan fingerprint density at radius 2 is 2.12 bits per heavy atom. The van der Waals surface area contributed by atoms with Gasteiger partial charge >= 0.3 is 0 Å². The Kier molecular flexibility index (Phi) is 1.73. The standard InChI is InChI=1S/C10H7ClN4O/c11-4-1-5-7-6(15-10(5)14-2-4)3-13-9(12)8(7)16/h1-3,16H,(H2,12,13)(H,14,15). The lowest BCUT2D eigenvalue weighted by atomic mass is 10.2. The molecule has 0 saturated carbocycles. The highest BCUT2D eigenvalue weighted by molar-refractivity contribution is 6.31. The Morgan fingerprint density at radius 1 is 1.31 bits per heavy atom. The summed E-state index contributed by atoms with van der Waals surface area (Å²) >= 11 is 5.86. The molecule has 0 radical (unpaired) electrons. The van der Waals surface area contributed by atoms with E-state index in [1.165, 1.54) is 6.20 Å². The minimum absolute atomic E-state index is 0.0483. The third kappa shape index (κ3) is 1.12. The van der Waals surface area contributed by atoms with Crippen molar-refractivity contribution in [3.8, 4) is 5.75 Å². The summed E-state index contributed by atoms with van der Waals surface area (Å²) in [5.41, 5.74) is 6.86. The molecule has 80 valence electrons. The van der Waals surface area contributed by atoms with Crippen molar-refractivity contribution >= 4 is 39.4 Å². The summed E-state index contributed by atoms with van der Waals surface area (Å²) in [6.07, 6.45) is 3.09. The van der Waals surface area contributed by atoms with Crippen LogP contribution in [-0.4, -0.2) is 20.1 Å². The van der Waals surface area contributed by atoms with E-state index in [1.54, 1.807) is 12.3 Å². The summed E-state index contributed by atoms with van der Waals surface area (Å²) in [6.45, 7) is 0. The fourth-order valence-corrected chi connectivity index (χ4v) is 1.90. The molecule has 3 rings (SSSR count). The number of nitrogen functional groups attached to an aromatic ring is 1. The fraction of sp³-hybridized carbons (Fsp3) is 0. The number of aromatic amines is 1. The first-order chi connectivity index (χ1) is 7.66. The lowest BCUT2D eigenvalue weighted by Crippen LogP contribution is -1.89. The van der Waals surface area contributed by atoms with Gasteiger partial charge in [0, 0.05) is 11.6 Å². The molecule has 16 heavy (non-hydrogen) atoms. The van der Waals surface area contributed by atoms with Crippen molar-refractivity contribution in [2.24, 2.45) is 0 Å². The molecule has 0 aromatic carbocycles. The Balaban J connectivity index is 2.60. The van der Waals surface area contributed by atoms with Gasteiger partial charge in [0.2, 0.25) is 0 Å². The third-order valence-electron chi connectivity index (χ3n) is 2.46. The first-order valence-electron chi connectivity index (χ1n) is 4.57. The van der Waals surface area contributed by atoms with Crippen LogP contribution in [0.15, 0.2) is 18.5 Å². The molecule has 4 N–H and O–H groups in total. The molecule has 3 aromatic heterocycles. The zero-order valence-electron chi connectivity index (χ0n) is 8.03. The van der Waals surface area contributed by atoms with Gasteiger partial charge in [0.25, 0.3) is 0 Å². The monoisotopic (exact) mass is 234 g/mol. The number of aromatic hydroxyl groups is 1. The second-order valence-corrected chi connectivity index (χ2v) is 3.89.